The standard InChI is InChI=1S/C15H28N2O2/c1-2-6-13-11-15(14(16)18,9-10-19-13)17-12-7-4-3-5-8-12/h12-13,17H,2-11H2,1H3,(H2,16,18). The maximum absolute atomic E-state index is 12.0. The van der Waals surface area contributed by atoms with Gasteiger partial charge in [-0.15, -0.1) is 0 Å². The van der Waals surface area contributed by atoms with Gasteiger partial charge < -0.3 is 15.8 Å². The van der Waals surface area contributed by atoms with Gasteiger partial charge in [0.2, 0.25) is 5.91 Å². The quantitative estimate of drug-likeness (QED) is 0.802. The number of nitrogens with two attached hydrogens (primary N) is 1. The molecule has 4 heteroatoms. The smallest absolute Gasteiger partial charge is 0.237 e. The van der Waals surface area contributed by atoms with Crippen LogP contribution in [0.2, 0.25) is 0 Å². The lowest BCUT2D eigenvalue weighted by molar-refractivity contribution is -0.132. The molecule has 0 aromatic carbocycles. The molecule has 2 atom stereocenters. The van der Waals surface area contributed by atoms with Gasteiger partial charge in [-0.2, -0.15) is 0 Å². The number of amides is 1. The van der Waals surface area contributed by atoms with E-state index in [0.717, 1.165) is 25.7 Å². The Kier molecular flexibility index (Phi) is 5.22. The van der Waals surface area contributed by atoms with Gasteiger partial charge in [0.05, 0.1) is 6.10 Å². The number of hydrogen-bond acceptors (Lipinski definition) is 3. The Labute approximate surface area is 116 Å². The second-order valence-electron chi connectivity index (χ2n) is 6.16. The minimum absolute atomic E-state index is 0.183. The third-order valence-corrected chi connectivity index (χ3v) is 4.63. The van der Waals surface area contributed by atoms with Crippen molar-refractivity contribution < 1.29 is 9.53 Å². The van der Waals surface area contributed by atoms with Gasteiger partial charge in [0.1, 0.15) is 5.54 Å². The van der Waals surface area contributed by atoms with Crippen molar-refractivity contribution in [3.05, 3.63) is 0 Å². The van der Waals surface area contributed by atoms with Gasteiger partial charge in [-0.25, -0.2) is 0 Å². The average Bonchev–Trinajstić information content (AvgIpc) is 2.40. The molecule has 1 aliphatic carbocycles. The van der Waals surface area contributed by atoms with Crippen LogP contribution in [0.1, 0.15) is 64.7 Å². The highest BCUT2D eigenvalue weighted by Gasteiger charge is 2.43. The molecule has 110 valence electrons. The molecule has 1 amide bonds. The van der Waals surface area contributed by atoms with Gasteiger partial charge in [-0.05, 0) is 25.7 Å². The molecule has 2 aliphatic rings. The number of primary amides is 1. The monoisotopic (exact) mass is 268 g/mol. The van der Waals surface area contributed by atoms with Crippen molar-refractivity contribution >= 4 is 5.91 Å². The number of nitrogens with one attached hydrogen (secondary N) is 1. The summed E-state index contributed by atoms with van der Waals surface area (Å²) in [6, 6.07) is 0.460. The Hall–Kier alpha value is -0.610. The maximum Gasteiger partial charge on any atom is 0.237 e. The SMILES string of the molecule is CCCC1CC(NC2CCCCC2)(C(N)=O)CCO1. The summed E-state index contributed by atoms with van der Waals surface area (Å²) in [6.07, 6.45) is 9.95. The van der Waals surface area contributed by atoms with Crippen LogP contribution >= 0.6 is 0 Å². The van der Waals surface area contributed by atoms with Crippen LogP contribution < -0.4 is 11.1 Å². The number of carbonyl (C=O) groups is 1. The predicted molar refractivity (Wildman–Crippen MR) is 75.8 cm³/mol. The van der Waals surface area contributed by atoms with Crippen molar-refractivity contribution in [3.8, 4) is 0 Å². The fraction of sp³-hybridized carbons (Fsp3) is 0.933. The summed E-state index contributed by atoms with van der Waals surface area (Å²) < 4.78 is 5.77. The molecule has 1 aliphatic heterocycles. The summed E-state index contributed by atoms with van der Waals surface area (Å²) in [7, 11) is 0. The minimum atomic E-state index is -0.528. The lowest BCUT2D eigenvalue weighted by Gasteiger charge is -2.42. The van der Waals surface area contributed by atoms with Crippen LogP contribution in [-0.2, 0) is 9.53 Å². The second kappa shape index (κ2) is 6.71. The van der Waals surface area contributed by atoms with Gasteiger partial charge in [-0.1, -0.05) is 32.6 Å². The average molecular weight is 268 g/mol. The molecule has 0 spiro atoms. The van der Waals surface area contributed by atoms with Crippen molar-refractivity contribution in [2.75, 3.05) is 6.61 Å². The van der Waals surface area contributed by atoms with Crippen LogP contribution in [0.3, 0.4) is 0 Å². The first-order valence-corrected chi connectivity index (χ1v) is 7.85. The van der Waals surface area contributed by atoms with E-state index in [2.05, 4.69) is 12.2 Å². The molecule has 2 rings (SSSR count). The first-order chi connectivity index (χ1) is 9.16. The minimum Gasteiger partial charge on any atom is -0.378 e. The summed E-state index contributed by atoms with van der Waals surface area (Å²) in [6.45, 7) is 2.80. The van der Waals surface area contributed by atoms with E-state index in [1.54, 1.807) is 0 Å². The summed E-state index contributed by atoms with van der Waals surface area (Å²) in [4.78, 5) is 12.0. The molecule has 1 heterocycles. The molecule has 0 radical (unpaired) electrons. The largest absolute Gasteiger partial charge is 0.378 e. The first-order valence-electron chi connectivity index (χ1n) is 7.85. The van der Waals surface area contributed by atoms with E-state index < -0.39 is 5.54 Å². The van der Waals surface area contributed by atoms with Crippen molar-refractivity contribution in [2.24, 2.45) is 5.73 Å². The molecule has 19 heavy (non-hydrogen) atoms. The summed E-state index contributed by atoms with van der Waals surface area (Å²) in [5.74, 6) is -0.192. The summed E-state index contributed by atoms with van der Waals surface area (Å²) >= 11 is 0. The molecule has 2 fully saturated rings. The number of hydrogen-bond donors (Lipinski definition) is 2. The van der Waals surface area contributed by atoms with E-state index in [1.807, 2.05) is 0 Å². The highest BCUT2D eigenvalue weighted by Crippen LogP contribution is 2.30. The van der Waals surface area contributed by atoms with E-state index in [9.17, 15) is 4.79 Å². The molecule has 4 nitrogen and oxygen atoms in total. The third kappa shape index (κ3) is 3.69. The zero-order valence-electron chi connectivity index (χ0n) is 12.1. The van der Waals surface area contributed by atoms with Gasteiger partial charge in [0.25, 0.3) is 0 Å². The van der Waals surface area contributed by atoms with E-state index in [-0.39, 0.29) is 12.0 Å². The summed E-state index contributed by atoms with van der Waals surface area (Å²) in [5.41, 5.74) is 5.19. The molecule has 2 unspecified atom stereocenters. The Morgan fingerprint density at radius 1 is 1.37 bits per heavy atom. The molecule has 0 aromatic heterocycles. The second-order valence-corrected chi connectivity index (χ2v) is 6.16. The Bertz CT molecular complexity index is 301. The molecule has 1 saturated heterocycles. The molecular formula is C15H28N2O2. The first kappa shape index (κ1) is 14.8. The lowest BCUT2D eigenvalue weighted by Crippen LogP contribution is -2.62. The van der Waals surface area contributed by atoms with Crippen molar-refractivity contribution in [1.82, 2.24) is 5.32 Å². The maximum atomic E-state index is 12.0. The van der Waals surface area contributed by atoms with Crippen LogP contribution in [0, 0.1) is 0 Å². The Morgan fingerprint density at radius 3 is 2.74 bits per heavy atom. The van der Waals surface area contributed by atoms with E-state index >= 15 is 0 Å². The Balaban J connectivity index is 2.01. The van der Waals surface area contributed by atoms with Crippen LogP contribution in [0.4, 0.5) is 0 Å². The molecular weight excluding hydrogens is 240 g/mol. The predicted octanol–water partition coefficient (Wildman–Crippen LogP) is 2.11. The fourth-order valence-electron chi connectivity index (χ4n) is 3.52. The van der Waals surface area contributed by atoms with Gasteiger partial charge in [-0.3, -0.25) is 4.79 Å². The van der Waals surface area contributed by atoms with Crippen molar-refractivity contribution in [3.63, 3.8) is 0 Å². The highest BCUT2D eigenvalue weighted by atomic mass is 16.5. The van der Waals surface area contributed by atoms with Crippen molar-refractivity contribution in [2.45, 2.75) is 82.4 Å². The summed E-state index contributed by atoms with van der Waals surface area (Å²) in [5, 5.41) is 3.60. The lowest BCUT2D eigenvalue weighted by atomic mass is 9.82. The van der Waals surface area contributed by atoms with Gasteiger partial charge >= 0.3 is 0 Å². The van der Waals surface area contributed by atoms with E-state index in [4.69, 9.17) is 10.5 Å². The van der Waals surface area contributed by atoms with E-state index in [1.165, 1.54) is 32.1 Å². The highest BCUT2D eigenvalue weighted by molar-refractivity contribution is 5.84. The Morgan fingerprint density at radius 2 is 2.11 bits per heavy atom. The van der Waals surface area contributed by atoms with Crippen LogP contribution in [0.15, 0.2) is 0 Å². The topological polar surface area (TPSA) is 64.3 Å². The fourth-order valence-corrected chi connectivity index (χ4v) is 3.52. The van der Waals surface area contributed by atoms with Crippen LogP contribution in [-0.4, -0.2) is 30.2 Å². The van der Waals surface area contributed by atoms with Crippen LogP contribution in [0.25, 0.3) is 0 Å². The molecule has 1 saturated carbocycles. The van der Waals surface area contributed by atoms with Crippen LogP contribution in [0.5, 0.6) is 0 Å². The number of carbonyl (C=O) groups excluding carboxylic acids is 1. The van der Waals surface area contributed by atoms with Crippen molar-refractivity contribution in [1.29, 1.82) is 0 Å². The molecule has 0 aromatic rings. The van der Waals surface area contributed by atoms with Gasteiger partial charge in [0, 0.05) is 19.1 Å². The third-order valence-electron chi connectivity index (χ3n) is 4.63. The number of rotatable bonds is 5. The van der Waals surface area contributed by atoms with E-state index in [0.29, 0.717) is 12.6 Å². The number of ether oxygens (including phenoxy) is 1. The normalized spacial score (nSPS) is 33.2. The molecule has 0 bridgehead atoms. The zero-order valence-corrected chi connectivity index (χ0v) is 12.1. The zero-order chi connectivity index (χ0) is 13.7. The molecule has 3 N–H and O–H groups in total. The van der Waals surface area contributed by atoms with Gasteiger partial charge in [0.15, 0.2) is 0 Å².